The number of hydrogen-bond donors (Lipinski definition) is 0. The smallest absolute Gasteiger partial charge is 0.311 e. The highest BCUT2D eigenvalue weighted by molar-refractivity contribution is 5.76. The van der Waals surface area contributed by atoms with Gasteiger partial charge in [-0.1, -0.05) is 31.9 Å². The minimum absolute atomic E-state index is 0.00272. The van der Waals surface area contributed by atoms with Gasteiger partial charge in [0.1, 0.15) is 6.10 Å². The van der Waals surface area contributed by atoms with Crippen molar-refractivity contribution in [3.63, 3.8) is 0 Å². The van der Waals surface area contributed by atoms with Crippen LogP contribution in [-0.4, -0.2) is 44.3 Å². The molecule has 0 aromatic heterocycles. The highest BCUT2D eigenvalue weighted by atomic mass is 16.6. The Bertz CT molecular complexity index is 940. The van der Waals surface area contributed by atoms with E-state index in [2.05, 4.69) is 43.9 Å². The van der Waals surface area contributed by atoms with Crippen LogP contribution in [0.2, 0.25) is 0 Å². The van der Waals surface area contributed by atoms with Gasteiger partial charge in [0, 0.05) is 25.0 Å². The minimum atomic E-state index is -0.0738. The van der Waals surface area contributed by atoms with Crippen molar-refractivity contribution in [2.45, 2.75) is 65.0 Å². The van der Waals surface area contributed by atoms with Gasteiger partial charge >= 0.3 is 5.97 Å². The van der Waals surface area contributed by atoms with Gasteiger partial charge in [-0.2, -0.15) is 0 Å². The minimum Gasteiger partial charge on any atom is -0.493 e. The maximum Gasteiger partial charge on any atom is 0.311 e. The lowest BCUT2D eigenvalue weighted by molar-refractivity contribution is -0.145. The van der Waals surface area contributed by atoms with E-state index in [0.29, 0.717) is 5.92 Å². The summed E-state index contributed by atoms with van der Waals surface area (Å²) in [4.78, 5) is 15.5. The average Bonchev–Trinajstić information content (AvgIpc) is 3.06. The monoisotopic (exact) mass is 439 g/mol. The number of fused-ring (bicyclic) bond motifs is 3. The highest BCUT2D eigenvalue weighted by Crippen LogP contribution is 2.54. The van der Waals surface area contributed by atoms with E-state index < -0.39 is 0 Å². The predicted molar refractivity (Wildman–Crippen MR) is 124 cm³/mol. The van der Waals surface area contributed by atoms with Gasteiger partial charge in [-0.25, -0.2) is 0 Å². The van der Waals surface area contributed by atoms with Crippen LogP contribution < -0.4 is 9.47 Å². The maximum atomic E-state index is 13.0. The Labute approximate surface area is 192 Å². The SMILES string of the molecule is COc1cc2c(cc1OC)C(C)N(CC1C(=O)OC3CC4(C)CCCC(C)C4=CC31)CC2. The Morgan fingerprint density at radius 1 is 1.19 bits per heavy atom. The molecule has 2 fully saturated rings. The Hall–Kier alpha value is -2.01. The molecular formula is C27H37NO4. The number of esters is 1. The normalized spacial score (nSPS) is 36.5. The summed E-state index contributed by atoms with van der Waals surface area (Å²) in [6.07, 6.45) is 8.22. The summed E-state index contributed by atoms with van der Waals surface area (Å²) in [6.45, 7) is 8.68. The van der Waals surface area contributed by atoms with Crippen molar-refractivity contribution in [3.05, 3.63) is 34.9 Å². The number of hydrogen-bond acceptors (Lipinski definition) is 5. The number of carbonyl (C=O) groups excluding carboxylic acids is 1. The number of benzene rings is 1. The van der Waals surface area contributed by atoms with Gasteiger partial charge in [-0.15, -0.1) is 0 Å². The van der Waals surface area contributed by atoms with Crippen molar-refractivity contribution in [3.8, 4) is 11.5 Å². The van der Waals surface area contributed by atoms with E-state index in [1.807, 2.05) is 0 Å². The van der Waals surface area contributed by atoms with Gasteiger partial charge in [-0.3, -0.25) is 9.69 Å². The molecule has 1 aromatic rings. The van der Waals surface area contributed by atoms with Crippen LogP contribution in [0, 0.1) is 23.2 Å². The fourth-order valence-corrected chi connectivity index (χ4v) is 6.96. The average molecular weight is 440 g/mol. The Balaban J connectivity index is 1.39. The molecule has 6 atom stereocenters. The van der Waals surface area contributed by atoms with Crippen LogP contribution in [0.5, 0.6) is 11.5 Å². The second kappa shape index (κ2) is 8.09. The lowest BCUT2D eigenvalue weighted by Gasteiger charge is -2.46. The summed E-state index contributed by atoms with van der Waals surface area (Å²) < 4.78 is 17.0. The van der Waals surface area contributed by atoms with E-state index in [4.69, 9.17) is 14.2 Å². The van der Waals surface area contributed by atoms with E-state index in [9.17, 15) is 4.79 Å². The zero-order chi connectivity index (χ0) is 22.6. The first kappa shape index (κ1) is 21.8. The zero-order valence-corrected chi connectivity index (χ0v) is 20.1. The maximum absolute atomic E-state index is 13.0. The molecule has 0 radical (unpaired) electrons. The van der Waals surface area contributed by atoms with Crippen molar-refractivity contribution in [2.24, 2.45) is 23.2 Å². The molecule has 5 heteroatoms. The van der Waals surface area contributed by atoms with Gasteiger partial charge in [0.25, 0.3) is 0 Å². The molecular weight excluding hydrogens is 402 g/mol. The molecule has 6 unspecified atom stereocenters. The Kier molecular flexibility index (Phi) is 5.51. The zero-order valence-electron chi connectivity index (χ0n) is 20.1. The number of allylic oxidation sites excluding steroid dienone is 1. The van der Waals surface area contributed by atoms with Crippen molar-refractivity contribution in [2.75, 3.05) is 27.3 Å². The van der Waals surface area contributed by atoms with E-state index in [1.165, 1.54) is 30.4 Å². The van der Waals surface area contributed by atoms with Gasteiger partial charge in [0.05, 0.1) is 20.1 Å². The first-order valence-electron chi connectivity index (χ1n) is 12.3. The molecule has 4 aliphatic rings. The molecule has 2 heterocycles. The number of methoxy groups -OCH3 is 2. The molecule has 0 amide bonds. The van der Waals surface area contributed by atoms with Gasteiger partial charge < -0.3 is 14.2 Å². The molecule has 32 heavy (non-hydrogen) atoms. The van der Waals surface area contributed by atoms with Crippen molar-refractivity contribution >= 4 is 5.97 Å². The van der Waals surface area contributed by atoms with Crippen molar-refractivity contribution in [1.82, 2.24) is 4.90 Å². The number of carbonyl (C=O) groups is 1. The number of nitrogens with zero attached hydrogens (tertiary/aromatic N) is 1. The van der Waals surface area contributed by atoms with Gasteiger partial charge in [0.15, 0.2) is 11.5 Å². The first-order chi connectivity index (χ1) is 15.3. The van der Waals surface area contributed by atoms with Gasteiger partial charge in [0.2, 0.25) is 0 Å². The number of ether oxygens (including phenoxy) is 3. The third-order valence-electron chi connectivity index (χ3n) is 8.82. The molecule has 0 spiro atoms. The first-order valence-corrected chi connectivity index (χ1v) is 12.3. The van der Waals surface area contributed by atoms with Crippen LogP contribution >= 0.6 is 0 Å². The third kappa shape index (κ3) is 3.44. The van der Waals surface area contributed by atoms with Crippen LogP contribution in [0.3, 0.4) is 0 Å². The quantitative estimate of drug-likeness (QED) is 0.491. The van der Waals surface area contributed by atoms with Crippen LogP contribution in [0.4, 0.5) is 0 Å². The van der Waals surface area contributed by atoms with E-state index in [-0.39, 0.29) is 35.4 Å². The Morgan fingerprint density at radius 2 is 1.94 bits per heavy atom. The molecule has 1 aromatic carbocycles. The van der Waals surface area contributed by atoms with Crippen LogP contribution in [0.1, 0.15) is 63.6 Å². The predicted octanol–water partition coefficient (Wildman–Crippen LogP) is 4.94. The molecule has 5 nitrogen and oxygen atoms in total. The molecule has 1 saturated carbocycles. The second-order valence-electron chi connectivity index (χ2n) is 10.7. The van der Waals surface area contributed by atoms with Crippen molar-refractivity contribution in [1.29, 1.82) is 0 Å². The van der Waals surface area contributed by atoms with Gasteiger partial charge in [-0.05, 0) is 67.2 Å². The Morgan fingerprint density at radius 3 is 2.69 bits per heavy atom. The summed E-state index contributed by atoms with van der Waals surface area (Å²) in [5.74, 6) is 2.31. The summed E-state index contributed by atoms with van der Waals surface area (Å²) in [5.41, 5.74) is 4.38. The highest BCUT2D eigenvalue weighted by Gasteiger charge is 2.52. The van der Waals surface area contributed by atoms with E-state index >= 15 is 0 Å². The molecule has 0 N–H and O–H groups in total. The molecule has 5 rings (SSSR count). The van der Waals surface area contributed by atoms with Crippen LogP contribution in [0.15, 0.2) is 23.8 Å². The van der Waals surface area contributed by atoms with E-state index in [0.717, 1.165) is 37.4 Å². The summed E-state index contributed by atoms with van der Waals surface area (Å²) in [6, 6.07) is 4.44. The molecule has 1 saturated heterocycles. The largest absolute Gasteiger partial charge is 0.493 e. The topological polar surface area (TPSA) is 48.0 Å². The summed E-state index contributed by atoms with van der Waals surface area (Å²) in [5, 5.41) is 0. The van der Waals surface area contributed by atoms with Crippen molar-refractivity contribution < 1.29 is 19.0 Å². The molecule has 174 valence electrons. The van der Waals surface area contributed by atoms with Crippen LogP contribution in [-0.2, 0) is 16.0 Å². The second-order valence-corrected chi connectivity index (χ2v) is 10.7. The number of rotatable bonds is 4. The van der Waals surface area contributed by atoms with Crippen LogP contribution in [0.25, 0.3) is 0 Å². The molecule has 2 aliphatic heterocycles. The summed E-state index contributed by atoms with van der Waals surface area (Å²) in [7, 11) is 3.36. The lowest BCUT2D eigenvalue weighted by Crippen LogP contribution is -2.42. The fourth-order valence-electron chi connectivity index (χ4n) is 6.96. The lowest BCUT2D eigenvalue weighted by atomic mass is 9.59. The fraction of sp³-hybridized carbons (Fsp3) is 0.667. The molecule has 0 bridgehead atoms. The third-order valence-corrected chi connectivity index (χ3v) is 8.82. The standard InChI is InChI=1S/C27H37NO4/c1-16-7-6-9-27(3)14-25-20(12-22(16)27)21(26(29)32-25)15-28-10-8-18-11-23(30-4)24(31-5)13-19(18)17(28)2/h11-13,16-17,20-21,25H,6-10,14-15H2,1-5H3. The van der Waals surface area contributed by atoms with E-state index in [1.54, 1.807) is 19.8 Å². The summed E-state index contributed by atoms with van der Waals surface area (Å²) >= 11 is 0. The molecule has 2 aliphatic carbocycles.